The molecule has 1 aliphatic carbocycles. The maximum absolute atomic E-state index is 10.6. The van der Waals surface area contributed by atoms with Crippen molar-refractivity contribution in [2.45, 2.75) is 135 Å². The van der Waals surface area contributed by atoms with Crippen LogP contribution in [0, 0.1) is 0 Å². The molecule has 0 aromatic carbocycles. The molecule has 179 valence electrons. The maximum atomic E-state index is 10.6. The van der Waals surface area contributed by atoms with Gasteiger partial charge in [-0.3, -0.25) is 0 Å². The molecule has 2 N–H and O–H groups in total. The number of allylic oxidation sites excluding steroid dienone is 2. The van der Waals surface area contributed by atoms with Gasteiger partial charge in [-0.25, -0.2) is 0 Å². The number of hydrogen-bond acceptors (Lipinski definition) is 3. The van der Waals surface area contributed by atoms with Crippen molar-refractivity contribution < 1.29 is 14.9 Å². The quantitative estimate of drug-likeness (QED) is 0.218. The number of unbranched alkanes of at least 4 members (excludes halogenated alkanes) is 2. The predicted octanol–water partition coefficient (Wildman–Crippen LogP) is 6.13. The Morgan fingerprint density at radius 2 is 1.97 bits per heavy atom. The van der Waals surface area contributed by atoms with Crippen LogP contribution in [0.5, 0.6) is 0 Å². The summed E-state index contributed by atoms with van der Waals surface area (Å²) in [4.78, 5) is 0. The summed E-state index contributed by atoms with van der Waals surface area (Å²) >= 11 is 0. The molecule has 3 nitrogen and oxygen atoms in total. The third-order valence-electron chi connectivity index (χ3n) is 7.76. The number of fused-ring (bicyclic) bond motifs is 1. The van der Waals surface area contributed by atoms with E-state index in [9.17, 15) is 10.2 Å². The summed E-state index contributed by atoms with van der Waals surface area (Å²) in [6, 6.07) is 0. The Kier molecular flexibility index (Phi) is 9.76. The van der Waals surface area contributed by atoms with Gasteiger partial charge in [-0.1, -0.05) is 26.2 Å². The van der Waals surface area contributed by atoms with Crippen LogP contribution in [-0.2, 0) is 4.74 Å². The van der Waals surface area contributed by atoms with Gasteiger partial charge in [0, 0.05) is 0 Å². The average molecular weight is 441 g/mol. The molecule has 32 heavy (non-hydrogen) atoms. The average Bonchev–Trinajstić information content (AvgIpc) is 2.73. The van der Waals surface area contributed by atoms with E-state index >= 15 is 0 Å². The fourth-order valence-corrected chi connectivity index (χ4v) is 5.24. The normalized spacial score (nSPS) is 30.5. The summed E-state index contributed by atoms with van der Waals surface area (Å²) in [6.45, 7) is 12.6. The Hall–Kier alpha value is -0.965. The minimum atomic E-state index is -0.682. The first-order valence-corrected chi connectivity index (χ1v) is 12.7. The van der Waals surface area contributed by atoms with E-state index in [0.29, 0.717) is 0 Å². The van der Waals surface area contributed by atoms with Crippen molar-refractivity contribution in [2.24, 2.45) is 0 Å². The molecule has 0 saturated carbocycles. The van der Waals surface area contributed by atoms with E-state index in [0.717, 1.165) is 74.5 Å². The SMILES string of the molecule is [B]=CC12OC(C)(CC/C=C(\C)CCCC(C)(O)CCCCC)CCC1=CC(O)C(C)=C2C. The Morgan fingerprint density at radius 3 is 2.62 bits per heavy atom. The molecule has 4 heteroatoms. The van der Waals surface area contributed by atoms with Crippen molar-refractivity contribution in [1.82, 2.24) is 0 Å². The number of hydrogen-bond donors (Lipinski definition) is 2. The molecule has 2 aliphatic rings. The zero-order chi connectivity index (χ0) is 24.0. The van der Waals surface area contributed by atoms with E-state index < -0.39 is 17.3 Å². The Balaban J connectivity index is 1.89. The fraction of sp³-hybridized carbons (Fsp3) is 0.750. The van der Waals surface area contributed by atoms with Crippen molar-refractivity contribution in [3.8, 4) is 0 Å². The molecule has 4 atom stereocenters. The van der Waals surface area contributed by atoms with Gasteiger partial charge in [0.2, 0.25) is 0 Å². The van der Waals surface area contributed by atoms with Gasteiger partial charge >= 0.3 is 153 Å². The first kappa shape index (κ1) is 27.3. The third kappa shape index (κ3) is 6.78. The van der Waals surface area contributed by atoms with Crippen LogP contribution >= 0.6 is 0 Å². The summed E-state index contributed by atoms with van der Waals surface area (Å²) in [5.41, 5.74) is 2.96. The van der Waals surface area contributed by atoms with Crippen LogP contribution in [0.15, 0.2) is 34.4 Å². The van der Waals surface area contributed by atoms with Crippen LogP contribution in [0.1, 0.15) is 112 Å². The Labute approximate surface area is 198 Å². The van der Waals surface area contributed by atoms with E-state index in [4.69, 9.17) is 12.2 Å². The van der Waals surface area contributed by atoms with Gasteiger partial charge in [0.1, 0.15) is 0 Å². The summed E-state index contributed by atoms with van der Waals surface area (Å²) in [6.07, 6.45) is 14.8. The van der Waals surface area contributed by atoms with E-state index in [1.54, 1.807) is 5.97 Å². The van der Waals surface area contributed by atoms with Crippen molar-refractivity contribution >= 4 is 13.5 Å². The second-order valence-electron chi connectivity index (χ2n) is 10.8. The first-order valence-electron chi connectivity index (χ1n) is 12.7. The van der Waals surface area contributed by atoms with Crippen molar-refractivity contribution in [3.05, 3.63) is 34.4 Å². The molecule has 2 rings (SSSR count). The van der Waals surface area contributed by atoms with Gasteiger partial charge in [-0.15, -0.1) is 0 Å². The second kappa shape index (κ2) is 11.4. The monoisotopic (exact) mass is 441 g/mol. The predicted molar refractivity (Wildman–Crippen MR) is 137 cm³/mol. The second-order valence-corrected chi connectivity index (χ2v) is 10.8. The van der Waals surface area contributed by atoms with Gasteiger partial charge in [0.25, 0.3) is 0 Å². The first-order chi connectivity index (χ1) is 15.0. The van der Waals surface area contributed by atoms with Crippen LogP contribution in [-0.4, -0.2) is 46.6 Å². The summed E-state index contributed by atoms with van der Waals surface area (Å²) < 4.78 is 6.72. The zero-order valence-electron chi connectivity index (χ0n) is 21.5. The van der Waals surface area contributed by atoms with Gasteiger partial charge in [0.05, 0.1) is 0 Å². The Morgan fingerprint density at radius 1 is 1.28 bits per heavy atom. The number of aliphatic hydroxyl groups excluding tert-OH is 1. The van der Waals surface area contributed by atoms with Crippen molar-refractivity contribution in [3.63, 3.8) is 0 Å². The van der Waals surface area contributed by atoms with Gasteiger partial charge in [0.15, 0.2) is 0 Å². The Bertz CT molecular complexity index is 748. The van der Waals surface area contributed by atoms with E-state index in [-0.39, 0.29) is 5.60 Å². The number of aliphatic hydroxyl groups is 2. The van der Waals surface area contributed by atoms with Crippen molar-refractivity contribution in [1.29, 1.82) is 0 Å². The molecule has 0 spiro atoms. The molecule has 1 radical (unpaired) electrons. The van der Waals surface area contributed by atoms with E-state index in [1.165, 1.54) is 18.4 Å². The summed E-state index contributed by atoms with van der Waals surface area (Å²) in [7, 11) is 6.13. The number of rotatable bonds is 12. The molecule has 4 unspecified atom stereocenters. The molecule has 1 saturated heterocycles. The zero-order valence-corrected chi connectivity index (χ0v) is 21.5. The molecule has 0 aromatic heterocycles. The topological polar surface area (TPSA) is 49.7 Å². The summed E-state index contributed by atoms with van der Waals surface area (Å²) in [5.74, 6) is 1.68. The van der Waals surface area contributed by atoms with Crippen LogP contribution in [0.2, 0.25) is 0 Å². The minimum absolute atomic E-state index is 0.253. The van der Waals surface area contributed by atoms with Crippen LogP contribution < -0.4 is 0 Å². The standard InChI is InChI=1S/C28H46BO3/c1-7-8-9-15-26(5,31)16-10-12-21(2)13-11-17-27(6)18-14-24-19-25(30)22(3)23(4)28(24,20-29)32-27/h13,19-20,25,30-31H,7-12,14-18H2,1-6H3/b21-13+. The van der Waals surface area contributed by atoms with Gasteiger partial charge < -0.3 is 5.11 Å². The molecular weight excluding hydrogens is 395 g/mol. The number of ether oxygens (including phenoxy) is 1. The van der Waals surface area contributed by atoms with Gasteiger partial charge in [-0.2, -0.15) is 0 Å². The summed E-state index contributed by atoms with van der Waals surface area (Å²) in [5, 5.41) is 20.9. The van der Waals surface area contributed by atoms with Gasteiger partial charge in [-0.05, 0) is 13.3 Å². The van der Waals surface area contributed by atoms with Crippen LogP contribution in [0.25, 0.3) is 0 Å². The fourth-order valence-electron chi connectivity index (χ4n) is 5.24. The molecular formula is C28H46BO3. The molecule has 1 aliphatic heterocycles. The molecule has 0 aromatic rings. The molecule has 0 amide bonds. The van der Waals surface area contributed by atoms with Crippen LogP contribution in [0.3, 0.4) is 0 Å². The third-order valence-corrected chi connectivity index (χ3v) is 7.76. The van der Waals surface area contributed by atoms with Crippen molar-refractivity contribution in [2.75, 3.05) is 0 Å². The molecule has 0 bridgehead atoms. The van der Waals surface area contributed by atoms with E-state index in [2.05, 4.69) is 26.8 Å². The molecule has 1 heterocycles. The van der Waals surface area contributed by atoms with E-state index in [1.807, 2.05) is 26.8 Å². The molecule has 1 fully saturated rings. The van der Waals surface area contributed by atoms with Crippen LogP contribution in [0.4, 0.5) is 0 Å².